The molecule has 2 aliphatic rings. The van der Waals surface area contributed by atoms with Gasteiger partial charge in [0.15, 0.2) is 34.9 Å². The Hall–Kier alpha value is -15.3. The van der Waals surface area contributed by atoms with E-state index in [1.54, 1.807) is 0 Å². The van der Waals surface area contributed by atoms with Gasteiger partial charge >= 0.3 is 0 Å². The van der Waals surface area contributed by atoms with Crippen molar-refractivity contribution >= 4 is 87.2 Å². The third-order valence-electron chi connectivity index (χ3n) is 23.6. The molecule has 113 heavy (non-hydrogen) atoms. The summed E-state index contributed by atoms with van der Waals surface area (Å²) in [5.41, 5.74) is 26.3. The van der Waals surface area contributed by atoms with E-state index in [1.807, 2.05) is 72.8 Å². The quantitative estimate of drug-likeness (QED) is 0.135. The largest absolute Gasteiger partial charge is 0.307 e. The van der Waals surface area contributed by atoms with Crippen LogP contribution >= 0.6 is 0 Å². The third-order valence-corrected chi connectivity index (χ3v) is 23.6. The Morgan fingerprint density at radius 1 is 0.168 bits per heavy atom. The monoisotopic (exact) mass is 1440 g/mol. The lowest BCUT2D eigenvalue weighted by Gasteiger charge is -2.32. The minimum Gasteiger partial charge on any atom is -0.307 e. The van der Waals surface area contributed by atoms with Gasteiger partial charge in [0.25, 0.3) is 0 Å². The molecular formula is C103H62N10. The zero-order chi connectivity index (χ0) is 74.0. The zero-order valence-electron chi connectivity index (χ0n) is 60.8. The number of nitrogens with zero attached hydrogens (tertiary/aromatic N) is 10. The molecule has 22 aromatic rings. The Bertz CT molecular complexity index is 7140. The molecular weight excluding hydrogens is 1380 g/mol. The molecule has 0 fully saturated rings. The highest BCUT2D eigenvalue weighted by Crippen LogP contribution is 2.65. The van der Waals surface area contributed by atoms with Crippen molar-refractivity contribution in [2.75, 3.05) is 0 Å². The maximum Gasteiger partial charge on any atom is 0.164 e. The first kappa shape index (κ1) is 62.7. The van der Waals surface area contributed by atoms with E-state index in [4.69, 9.17) is 29.9 Å². The summed E-state index contributed by atoms with van der Waals surface area (Å²) in [5.74, 6) is 3.47. The van der Waals surface area contributed by atoms with E-state index >= 15 is 0 Å². The van der Waals surface area contributed by atoms with Gasteiger partial charge in [0, 0.05) is 99.2 Å². The Morgan fingerprint density at radius 3 is 0.690 bits per heavy atom. The SMILES string of the molecule is c1ccc(-c2nc(-c3ccccc3)nc(-c3ccc4c(c3)C3(c5cc(-c6nc(-c7ccccc7)nc(-c7ccccc7)n6)ccc5-4)c4cc(-n5c6ccccc6c6ccc7c8ccccc8n(-c8ccccc8)c7c65)ccc4-c4ccc(-n5c6ccccc6c6ccc7c8ccccc8n(-c8ccccc8)c7c65)cc43)n2)cc1. The van der Waals surface area contributed by atoms with Crippen LogP contribution in [0.15, 0.2) is 376 Å². The van der Waals surface area contributed by atoms with Crippen molar-refractivity contribution < 1.29 is 0 Å². The summed E-state index contributed by atoms with van der Waals surface area (Å²) in [5, 5.41) is 9.40. The molecule has 10 heteroatoms. The van der Waals surface area contributed by atoms with Gasteiger partial charge in [-0.05, 0) is 129 Å². The molecule has 0 aliphatic heterocycles. The first-order valence-corrected chi connectivity index (χ1v) is 38.4. The van der Waals surface area contributed by atoms with Crippen molar-refractivity contribution in [2.24, 2.45) is 0 Å². The summed E-state index contributed by atoms with van der Waals surface area (Å²) in [6.45, 7) is 0. The van der Waals surface area contributed by atoms with Gasteiger partial charge in [0.05, 0.1) is 49.5 Å². The standard InChI is InChI=1S/C103H62N10/c1-7-27-63(28-8-1)97-104-98(64-29-9-2-10-30-64)107-101(106-97)67-47-51-73-74-52-48-68(102-108-99(65-31-11-3-12-32-65)105-100(109-102)66-33-13-4-14-34-66)60-86(74)103(85(73)59-67)87-61-71(112-91-45-25-21-41-79(91)83-57-55-81-77-39-19-23-43-89(77)110(93(81)95(83)112)69-35-15-5-16-36-69)49-53-75(87)76-54-50-72(62-88(76)103)113-92-46-26-22-42-80(92)84-58-56-82-78-40-20-24-44-90(78)111(94(82)96(84)113)70-37-17-6-18-38-70/h1-62H. The molecule has 1 spiro atoms. The molecule has 524 valence electrons. The smallest absolute Gasteiger partial charge is 0.164 e. The second kappa shape index (κ2) is 24.4. The van der Waals surface area contributed by atoms with Crippen molar-refractivity contribution in [3.05, 3.63) is 398 Å². The van der Waals surface area contributed by atoms with Crippen molar-refractivity contribution in [2.45, 2.75) is 5.41 Å². The summed E-state index contributed by atoms with van der Waals surface area (Å²) in [4.78, 5) is 32.5. The zero-order valence-corrected chi connectivity index (χ0v) is 60.8. The summed E-state index contributed by atoms with van der Waals surface area (Å²) in [6.07, 6.45) is 0. The fourth-order valence-corrected chi connectivity index (χ4v) is 18.9. The van der Waals surface area contributed by atoms with Crippen molar-refractivity contribution in [1.82, 2.24) is 48.2 Å². The van der Waals surface area contributed by atoms with Gasteiger partial charge in [-0.1, -0.05) is 291 Å². The van der Waals surface area contributed by atoms with Crippen molar-refractivity contribution in [3.8, 4) is 113 Å². The third kappa shape index (κ3) is 9.23. The van der Waals surface area contributed by atoms with Crippen LogP contribution < -0.4 is 0 Å². The number of rotatable bonds is 10. The van der Waals surface area contributed by atoms with Crippen LogP contribution in [-0.4, -0.2) is 48.2 Å². The molecule has 24 rings (SSSR count). The van der Waals surface area contributed by atoms with Crippen molar-refractivity contribution in [3.63, 3.8) is 0 Å². The summed E-state index contributed by atoms with van der Waals surface area (Å²) >= 11 is 0. The highest BCUT2D eigenvalue weighted by Gasteiger charge is 2.53. The van der Waals surface area contributed by atoms with Gasteiger partial charge in [-0.15, -0.1) is 0 Å². The maximum absolute atomic E-state index is 5.49. The predicted octanol–water partition coefficient (Wildman–Crippen LogP) is 24.8. The van der Waals surface area contributed by atoms with Crippen molar-refractivity contribution in [1.29, 1.82) is 0 Å². The minimum atomic E-state index is -1.08. The number of fused-ring (bicyclic) bond motifs is 24. The van der Waals surface area contributed by atoms with Gasteiger partial charge in [-0.2, -0.15) is 0 Å². The predicted molar refractivity (Wildman–Crippen MR) is 459 cm³/mol. The van der Waals surface area contributed by atoms with E-state index in [0.29, 0.717) is 34.9 Å². The van der Waals surface area contributed by atoms with Gasteiger partial charge in [-0.3, -0.25) is 0 Å². The van der Waals surface area contributed by atoms with E-state index in [-0.39, 0.29) is 0 Å². The van der Waals surface area contributed by atoms with Crippen LogP contribution in [0.2, 0.25) is 0 Å². The van der Waals surface area contributed by atoms with Crippen LogP contribution in [0.5, 0.6) is 0 Å². The number of aromatic nitrogens is 10. The molecule has 0 saturated heterocycles. The molecule has 0 saturated carbocycles. The molecule has 0 unspecified atom stereocenters. The van der Waals surface area contributed by atoms with Crippen LogP contribution in [0.25, 0.3) is 201 Å². The van der Waals surface area contributed by atoms with Gasteiger partial charge < -0.3 is 18.3 Å². The normalized spacial score (nSPS) is 12.7. The number of para-hydroxylation sites is 6. The van der Waals surface area contributed by atoms with E-state index < -0.39 is 5.41 Å². The average Bonchev–Trinajstić information content (AvgIpc) is 1.50. The topological polar surface area (TPSA) is 97.1 Å². The molecule has 0 bridgehead atoms. The second-order valence-corrected chi connectivity index (χ2v) is 29.6. The molecule has 6 aromatic heterocycles. The van der Waals surface area contributed by atoms with Crippen LogP contribution in [0.1, 0.15) is 22.3 Å². The lowest BCUT2D eigenvalue weighted by atomic mass is 9.70. The number of hydrogen-bond donors (Lipinski definition) is 0. The molecule has 6 heterocycles. The lowest BCUT2D eigenvalue weighted by Crippen LogP contribution is -2.26. The first-order chi connectivity index (χ1) is 56.1. The van der Waals surface area contributed by atoms with Gasteiger partial charge in [0.1, 0.15) is 0 Å². The van der Waals surface area contributed by atoms with Crippen LogP contribution in [0.3, 0.4) is 0 Å². The first-order valence-electron chi connectivity index (χ1n) is 38.4. The van der Waals surface area contributed by atoms with Gasteiger partial charge in [0.2, 0.25) is 0 Å². The highest BCUT2D eigenvalue weighted by molar-refractivity contribution is 6.25. The van der Waals surface area contributed by atoms with E-state index in [2.05, 4.69) is 322 Å². The molecule has 10 nitrogen and oxygen atoms in total. The lowest BCUT2D eigenvalue weighted by molar-refractivity contribution is 0.791. The average molecular weight is 1440 g/mol. The Labute approximate surface area is 648 Å². The summed E-state index contributed by atoms with van der Waals surface area (Å²) in [7, 11) is 0. The number of benzene rings is 16. The fraction of sp³-hybridized carbons (Fsp3) is 0.00971. The maximum atomic E-state index is 5.49. The summed E-state index contributed by atoms with van der Waals surface area (Å²) in [6, 6.07) is 136. The van der Waals surface area contributed by atoms with E-state index in [0.717, 1.165) is 156 Å². The Kier molecular flexibility index (Phi) is 13.5. The summed E-state index contributed by atoms with van der Waals surface area (Å²) < 4.78 is 10.1. The molecule has 0 N–H and O–H groups in total. The van der Waals surface area contributed by atoms with Crippen LogP contribution in [0.4, 0.5) is 0 Å². The molecule has 2 aliphatic carbocycles. The van der Waals surface area contributed by atoms with Crippen LogP contribution in [0, 0.1) is 0 Å². The molecule has 0 amide bonds. The highest BCUT2D eigenvalue weighted by atomic mass is 15.1. The fourth-order valence-electron chi connectivity index (χ4n) is 18.9. The molecule has 0 radical (unpaired) electrons. The number of hydrogen-bond acceptors (Lipinski definition) is 6. The Balaban J connectivity index is 0.842. The second-order valence-electron chi connectivity index (χ2n) is 29.6. The molecule has 16 aromatic carbocycles. The van der Waals surface area contributed by atoms with Gasteiger partial charge in [-0.25, -0.2) is 29.9 Å². The van der Waals surface area contributed by atoms with E-state index in [1.165, 1.54) is 32.3 Å². The van der Waals surface area contributed by atoms with E-state index in [9.17, 15) is 0 Å². The Morgan fingerprint density at radius 2 is 0.398 bits per heavy atom. The minimum absolute atomic E-state index is 0.562. The van der Waals surface area contributed by atoms with Crippen LogP contribution in [-0.2, 0) is 5.41 Å². The molecule has 0 atom stereocenters.